The first-order valence-corrected chi connectivity index (χ1v) is 4.13. The van der Waals surface area contributed by atoms with Gasteiger partial charge < -0.3 is 0 Å². The number of nitrogens with zero attached hydrogens (tertiary/aromatic N) is 2. The molecule has 0 N–H and O–H groups in total. The Morgan fingerprint density at radius 3 is 2.64 bits per heavy atom. The molecule has 0 amide bonds. The van der Waals surface area contributed by atoms with Gasteiger partial charge >= 0.3 is 0 Å². The second kappa shape index (κ2) is 2.80. The number of thiophene rings is 1. The van der Waals surface area contributed by atoms with E-state index in [1.54, 1.807) is 11.3 Å². The molecule has 2 rings (SSSR count). The van der Waals surface area contributed by atoms with Crippen molar-refractivity contribution < 1.29 is 0 Å². The summed E-state index contributed by atoms with van der Waals surface area (Å²) in [6.45, 7) is 0. The standard InChI is InChI=1S/C8H6N2S/c1-2-8(11-3-1)7-4-9-6-10-5-7/h1-6H. The number of aromatic nitrogens is 2. The molecule has 0 saturated heterocycles. The molecule has 3 heteroatoms. The van der Waals surface area contributed by atoms with Crippen LogP contribution in [0.25, 0.3) is 10.4 Å². The van der Waals surface area contributed by atoms with Crippen LogP contribution in [0.1, 0.15) is 0 Å². The summed E-state index contributed by atoms with van der Waals surface area (Å²) in [6, 6.07) is 4.08. The fourth-order valence-corrected chi connectivity index (χ4v) is 1.57. The molecule has 0 aliphatic rings. The van der Waals surface area contributed by atoms with Gasteiger partial charge in [0.15, 0.2) is 0 Å². The Hall–Kier alpha value is -1.22. The van der Waals surface area contributed by atoms with Gasteiger partial charge in [0.1, 0.15) is 6.33 Å². The summed E-state index contributed by atoms with van der Waals surface area (Å²) in [7, 11) is 0. The molecule has 0 aliphatic heterocycles. The predicted molar refractivity (Wildman–Crippen MR) is 45.3 cm³/mol. The lowest BCUT2D eigenvalue weighted by Crippen LogP contribution is -1.77. The summed E-state index contributed by atoms with van der Waals surface area (Å²) in [4.78, 5) is 9.09. The molecule has 11 heavy (non-hydrogen) atoms. The molecule has 0 aromatic carbocycles. The van der Waals surface area contributed by atoms with Gasteiger partial charge in [-0.2, -0.15) is 0 Å². The molecule has 0 atom stereocenters. The van der Waals surface area contributed by atoms with Crippen molar-refractivity contribution in [1.82, 2.24) is 9.97 Å². The first-order valence-electron chi connectivity index (χ1n) is 3.26. The van der Waals surface area contributed by atoms with E-state index >= 15 is 0 Å². The number of hydrogen-bond donors (Lipinski definition) is 0. The smallest absolute Gasteiger partial charge is 0.115 e. The molecular formula is C8H6N2S. The minimum absolute atomic E-state index is 1.09. The minimum atomic E-state index is 1.09. The average molecular weight is 162 g/mol. The fourth-order valence-electron chi connectivity index (χ4n) is 0.869. The van der Waals surface area contributed by atoms with E-state index in [2.05, 4.69) is 16.0 Å². The Morgan fingerprint density at radius 2 is 2.00 bits per heavy atom. The first kappa shape index (κ1) is 6.49. The van der Waals surface area contributed by atoms with Crippen molar-refractivity contribution in [3.63, 3.8) is 0 Å². The van der Waals surface area contributed by atoms with Gasteiger partial charge in [0.25, 0.3) is 0 Å². The molecule has 0 spiro atoms. The third-order valence-corrected chi connectivity index (χ3v) is 2.29. The van der Waals surface area contributed by atoms with Crippen LogP contribution >= 0.6 is 11.3 Å². The summed E-state index contributed by atoms with van der Waals surface area (Å²) in [5.41, 5.74) is 1.09. The maximum absolute atomic E-state index is 3.94. The van der Waals surface area contributed by atoms with E-state index in [9.17, 15) is 0 Å². The van der Waals surface area contributed by atoms with Gasteiger partial charge in [-0.15, -0.1) is 11.3 Å². The molecule has 2 aromatic heterocycles. The monoisotopic (exact) mass is 162 g/mol. The van der Waals surface area contributed by atoms with Gasteiger partial charge in [-0.3, -0.25) is 0 Å². The van der Waals surface area contributed by atoms with Crippen molar-refractivity contribution in [1.29, 1.82) is 0 Å². The normalized spacial score (nSPS) is 9.82. The summed E-state index contributed by atoms with van der Waals surface area (Å²) in [5.74, 6) is 0. The van der Waals surface area contributed by atoms with E-state index < -0.39 is 0 Å². The molecule has 0 radical (unpaired) electrons. The molecule has 0 unspecified atom stereocenters. The summed E-state index contributed by atoms with van der Waals surface area (Å²) < 4.78 is 0. The highest BCUT2D eigenvalue weighted by Crippen LogP contribution is 2.21. The molecule has 2 nitrogen and oxygen atoms in total. The van der Waals surface area contributed by atoms with E-state index in [1.807, 2.05) is 23.8 Å². The zero-order valence-corrected chi connectivity index (χ0v) is 6.58. The molecule has 0 bridgehead atoms. The highest BCUT2D eigenvalue weighted by atomic mass is 32.1. The Balaban J connectivity index is 2.46. The van der Waals surface area contributed by atoms with E-state index in [-0.39, 0.29) is 0 Å². The lowest BCUT2D eigenvalue weighted by Gasteiger charge is -1.91. The van der Waals surface area contributed by atoms with Crippen molar-refractivity contribution in [2.75, 3.05) is 0 Å². The second-order valence-corrected chi connectivity index (χ2v) is 3.05. The van der Waals surface area contributed by atoms with Crippen LogP contribution in [0.4, 0.5) is 0 Å². The fraction of sp³-hybridized carbons (Fsp3) is 0. The van der Waals surface area contributed by atoms with Crippen LogP contribution in [0.15, 0.2) is 36.2 Å². The maximum atomic E-state index is 3.94. The van der Waals surface area contributed by atoms with Crippen molar-refractivity contribution in [3.05, 3.63) is 36.2 Å². The first-order chi connectivity index (χ1) is 5.47. The van der Waals surface area contributed by atoms with Crippen LogP contribution in [0.3, 0.4) is 0 Å². The minimum Gasteiger partial charge on any atom is -0.244 e. The Labute approximate surface area is 68.6 Å². The molecule has 2 heterocycles. The van der Waals surface area contributed by atoms with Crippen LogP contribution in [0, 0.1) is 0 Å². The van der Waals surface area contributed by atoms with Crippen LogP contribution in [-0.4, -0.2) is 9.97 Å². The molecule has 0 aliphatic carbocycles. The van der Waals surface area contributed by atoms with Gasteiger partial charge in [0, 0.05) is 22.8 Å². The third-order valence-electron chi connectivity index (χ3n) is 1.37. The summed E-state index contributed by atoms with van der Waals surface area (Å²) in [6.07, 6.45) is 5.18. The van der Waals surface area contributed by atoms with Crippen LogP contribution < -0.4 is 0 Å². The molecular weight excluding hydrogens is 156 g/mol. The maximum Gasteiger partial charge on any atom is 0.115 e. The summed E-state index contributed by atoms with van der Waals surface area (Å²) in [5, 5.41) is 2.04. The van der Waals surface area contributed by atoms with Gasteiger partial charge in [0.05, 0.1) is 0 Å². The average Bonchev–Trinajstić information content (AvgIpc) is 2.58. The lowest BCUT2D eigenvalue weighted by molar-refractivity contribution is 1.17. The van der Waals surface area contributed by atoms with E-state index in [0.29, 0.717) is 0 Å². The Bertz CT molecular complexity index is 315. The number of hydrogen-bond acceptors (Lipinski definition) is 3. The third kappa shape index (κ3) is 1.28. The van der Waals surface area contributed by atoms with Crippen LogP contribution in [0.5, 0.6) is 0 Å². The van der Waals surface area contributed by atoms with Crippen molar-refractivity contribution in [2.24, 2.45) is 0 Å². The number of rotatable bonds is 1. The zero-order valence-electron chi connectivity index (χ0n) is 5.77. The SMILES string of the molecule is c1csc(-c2cncnc2)c1. The topological polar surface area (TPSA) is 25.8 Å². The molecule has 0 saturated carbocycles. The van der Waals surface area contributed by atoms with Crippen molar-refractivity contribution in [2.45, 2.75) is 0 Å². The van der Waals surface area contributed by atoms with E-state index in [4.69, 9.17) is 0 Å². The van der Waals surface area contributed by atoms with Gasteiger partial charge in [-0.25, -0.2) is 9.97 Å². The highest BCUT2D eigenvalue weighted by molar-refractivity contribution is 7.13. The van der Waals surface area contributed by atoms with Gasteiger partial charge in [0.2, 0.25) is 0 Å². The van der Waals surface area contributed by atoms with Crippen LogP contribution in [0.2, 0.25) is 0 Å². The molecule has 2 aromatic rings. The summed E-state index contributed by atoms with van der Waals surface area (Å²) >= 11 is 1.70. The molecule has 54 valence electrons. The predicted octanol–water partition coefficient (Wildman–Crippen LogP) is 2.21. The lowest BCUT2D eigenvalue weighted by atomic mass is 10.3. The quantitative estimate of drug-likeness (QED) is 0.642. The Morgan fingerprint density at radius 1 is 1.18 bits per heavy atom. The second-order valence-electron chi connectivity index (χ2n) is 2.10. The van der Waals surface area contributed by atoms with Crippen LogP contribution in [-0.2, 0) is 0 Å². The van der Waals surface area contributed by atoms with Crippen molar-refractivity contribution >= 4 is 11.3 Å². The Kier molecular flexibility index (Phi) is 1.65. The molecule has 0 fully saturated rings. The van der Waals surface area contributed by atoms with Gasteiger partial charge in [-0.05, 0) is 11.4 Å². The van der Waals surface area contributed by atoms with E-state index in [1.165, 1.54) is 11.2 Å². The van der Waals surface area contributed by atoms with Gasteiger partial charge in [-0.1, -0.05) is 6.07 Å². The van der Waals surface area contributed by atoms with Crippen molar-refractivity contribution in [3.8, 4) is 10.4 Å². The van der Waals surface area contributed by atoms with E-state index in [0.717, 1.165) is 5.56 Å². The zero-order chi connectivity index (χ0) is 7.52. The highest BCUT2D eigenvalue weighted by Gasteiger charge is 1.95. The largest absolute Gasteiger partial charge is 0.244 e.